The zero-order valence-electron chi connectivity index (χ0n) is 12.1. The predicted octanol–water partition coefficient (Wildman–Crippen LogP) is 2.10. The van der Waals surface area contributed by atoms with Crippen LogP contribution in [0.4, 0.5) is 4.39 Å². The Balaban J connectivity index is 0.00000220. The first-order chi connectivity index (χ1) is 9.65. The number of halogens is 2. The standard InChI is InChI=1S/C15H21FN2O2.ClH/c1-20-13(9-17)8-15(19)18(12-6-7-12)10-11-4-2-3-5-14(11)16;/h2-5,12-13H,6-10,17H2,1H3;1H. The largest absolute Gasteiger partial charge is 0.380 e. The zero-order chi connectivity index (χ0) is 14.5. The van der Waals surface area contributed by atoms with Crippen LogP contribution in [0.15, 0.2) is 24.3 Å². The monoisotopic (exact) mass is 316 g/mol. The Hall–Kier alpha value is -1.17. The van der Waals surface area contributed by atoms with Gasteiger partial charge in [0.2, 0.25) is 5.91 Å². The summed E-state index contributed by atoms with van der Waals surface area (Å²) in [5, 5.41) is 0. The van der Waals surface area contributed by atoms with Crippen molar-refractivity contribution >= 4 is 18.3 Å². The number of carbonyl (C=O) groups is 1. The molecular formula is C15H22ClFN2O2. The van der Waals surface area contributed by atoms with E-state index < -0.39 is 0 Å². The molecule has 1 saturated carbocycles. The van der Waals surface area contributed by atoms with Crippen LogP contribution in [-0.4, -0.2) is 36.6 Å². The second-order valence-electron chi connectivity index (χ2n) is 5.14. The number of amides is 1. The van der Waals surface area contributed by atoms with E-state index in [1.165, 1.54) is 6.07 Å². The third-order valence-electron chi connectivity index (χ3n) is 3.61. The van der Waals surface area contributed by atoms with E-state index in [9.17, 15) is 9.18 Å². The third kappa shape index (κ3) is 4.95. The number of hydrogen-bond acceptors (Lipinski definition) is 3. The number of hydrogen-bond donors (Lipinski definition) is 1. The van der Waals surface area contributed by atoms with Crippen LogP contribution in [0, 0.1) is 5.82 Å². The summed E-state index contributed by atoms with van der Waals surface area (Å²) in [7, 11) is 1.54. The second-order valence-corrected chi connectivity index (χ2v) is 5.14. The van der Waals surface area contributed by atoms with Crippen molar-refractivity contribution in [1.82, 2.24) is 4.90 Å². The summed E-state index contributed by atoms with van der Waals surface area (Å²) in [6, 6.07) is 6.80. The summed E-state index contributed by atoms with van der Waals surface area (Å²) in [6.45, 7) is 0.623. The fourth-order valence-electron chi connectivity index (χ4n) is 2.19. The van der Waals surface area contributed by atoms with Gasteiger partial charge in [0, 0.05) is 31.8 Å². The SMILES string of the molecule is COC(CN)CC(=O)N(Cc1ccccc1F)C1CC1.Cl. The summed E-state index contributed by atoms with van der Waals surface area (Å²) in [5.74, 6) is -0.291. The van der Waals surface area contributed by atoms with E-state index in [1.807, 2.05) is 0 Å². The minimum Gasteiger partial charge on any atom is -0.380 e. The highest BCUT2D eigenvalue weighted by atomic mass is 35.5. The minimum absolute atomic E-state index is 0. The molecular weight excluding hydrogens is 295 g/mol. The van der Waals surface area contributed by atoms with Gasteiger partial charge in [-0.3, -0.25) is 4.79 Å². The number of rotatable bonds is 7. The fourth-order valence-corrected chi connectivity index (χ4v) is 2.19. The molecule has 0 heterocycles. The molecule has 1 aromatic carbocycles. The van der Waals surface area contributed by atoms with E-state index >= 15 is 0 Å². The van der Waals surface area contributed by atoms with Crippen molar-refractivity contribution in [2.24, 2.45) is 5.73 Å². The molecule has 1 fully saturated rings. The molecule has 1 atom stereocenters. The summed E-state index contributed by atoms with van der Waals surface area (Å²) in [4.78, 5) is 14.1. The van der Waals surface area contributed by atoms with Gasteiger partial charge in [-0.05, 0) is 18.9 Å². The van der Waals surface area contributed by atoms with Crippen molar-refractivity contribution in [2.75, 3.05) is 13.7 Å². The quantitative estimate of drug-likeness (QED) is 0.838. The number of nitrogens with two attached hydrogens (primary N) is 1. The molecule has 0 bridgehead atoms. The zero-order valence-corrected chi connectivity index (χ0v) is 12.9. The first-order valence-electron chi connectivity index (χ1n) is 6.91. The molecule has 1 aromatic rings. The molecule has 0 spiro atoms. The number of ether oxygens (including phenoxy) is 1. The molecule has 1 amide bonds. The molecule has 1 aliphatic rings. The summed E-state index contributed by atoms with van der Waals surface area (Å²) in [5.41, 5.74) is 6.09. The Kier molecular flexibility index (Phi) is 7.08. The van der Waals surface area contributed by atoms with E-state index in [2.05, 4.69) is 0 Å². The van der Waals surface area contributed by atoms with Crippen molar-refractivity contribution in [2.45, 2.75) is 38.0 Å². The normalized spacial score (nSPS) is 15.2. The molecule has 0 aliphatic heterocycles. The summed E-state index contributed by atoms with van der Waals surface area (Å²) in [6.07, 6.45) is 1.95. The lowest BCUT2D eigenvalue weighted by Gasteiger charge is -2.24. The average molecular weight is 317 g/mol. The first-order valence-corrected chi connectivity index (χ1v) is 6.91. The van der Waals surface area contributed by atoms with Gasteiger partial charge >= 0.3 is 0 Å². The maximum Gasteiger partial charge on any atom is 0.225 e. The molecule has 6 heteroatoms. The van der Waals surface area contributed by atoms with Crippen LogP contribution in [0.5, 0.6) is 0 Å². The van der Waals surface area contributed by atoms with Gasteiger partial charge in [-0.2, -0.15) is 0 Å². The average Bonchev–Trinajstić information content (AvgIpc) is 3.28. The molecule has 1 unspecified atom stereocenters. The first kappa shape index (κ1) is 17.9. The van der Waals surface area contributed by atoms with Crippen LogP contribution in [-0.2, 0) is 16.1 Å². The van der Waals surface area contributed by atoms with Gasteiger partial charge < -0.3 is 15.4 Å². The maximum atomic E-state index is 13.7. The highest BCUT2D eigenvalue weighted by molar-refractivity contribution is 5.85. The van der Waals surface area contributed by atoms with Crippen LogP contribution in [0.3, 0.4) is 0 Å². The van der Waals surface area contributed by atoms with E-state index in [-0.39, 0.29) is 42.7 Å². The van der Waals surface area contributed by atoms with E-state index in [1.54, 1.807) is 30.2 Å². The lowest BCUT2D eigenvalue weighted by Crippen LogP contribution is -2.37. The molecule has 0 saturated heterocycles. The Morgan fingerprint density at radius 2 is 2.14 bits per heavy atom. The fraction of sp³-hybridized carbons (Fsp3) is 0.533. The molecule has 118 valence electrons. The lowest BCUT2D eigenvalue weighted by molar-refractivity contribution is -0.134. The van der Waals surface area contributed by atoms with Gasteiger partial charge in [0.25, 0.3) is 0 Å². The van der Waals surface area contributed by atoms with Gasteiger partial charge in [0.05, 0.1) is 12.5 Å². The van der Waals surface area contributed by atoms with Gasteiger partial charge in [-0.15, -0.1) is 12.4 Å². The smallest absolute Gasteiger partial charge is 0.225 e. The lowest BCUT2D eigenvalue weighted by atomic mass is 10.1. The molecule has 2 N–H and O–H groups in total. The Bertz CT molecular complexity index is 465. The topological polar surface area (TPSA) is 55.6 Å². The van der Waals surface area contributed by atoms with Crippen LogP contribution in [0.2, 0.25) is 0 Å². The highest BCUT2D eigenvalue weighted by Gasteiger charge is 2.33. The molecule has 2 rings (SSSR count). The molecule has 4 nitrogen and oxygen atoms in total. The predicted molar refractivity (Wildman–Crippen MR) is 81.7 cm³/mol. The summed E-state index contributed by atoms with van der Waals surface area (Å²) >= 11 is 0. The van der Waals surface area contributed by atoms with E-state index in [4.69, 9.17) is 10.5 Å². The van der Waals surface area contributed by atoms with E-state index in [0.717, 1.165) is 12.8 Å². The Morgan fingerprint density at radius 3 is 2.67 bits per heavy atom. The van der Waals surface area contributed by atoms with Crippen LogP contribution < -0.4 is 5.73 Å². The van der Waals surface area contributed by atoms with Gasteiger partial charge in [-0.1, -0.05) is 18.2 Å². The van der Waals surface area contributed by atoms with Crippen molar-refractivity contribution in [3.8, 4) is 0 Å². The number of methoxy groups -OCH3 is 1. The molecule has 0 radical (unpaired) electrons. The number of carbonyl (C=O) groups excluding carboxylic acids is 1. The Morgan fingerprint density at radius 1 is 1.48 bits per heavy atom. The molecule has 0 aromatic heterocycles. The summed E-state index contributed by atoms with van der Waals surface area (Å²) < 4.78 is 18.9. The number of nitrogens with zero attached hydrogens (tertiary/aromatic N) is 1. The minimum atomic E-state index is -0.274. The highest BCUT2D eigenvalue weighted by Crippen LogP contribution is 2.29. The van der Waals surface area contributed by atoms with Crippen molar-refractivity contribution in [3.63, 3.8) is 0 Å². The van der Waals surface area contributed by atoms with Crippen LogP contribution in [0.1, 0.15) is 24.8 Å². The van der Waals surface area contributed by atoms with Gasteiger partial charge in [-0.25, -0.2) is 4.39 Å². The third-order valence-corrected chi connectivity index (χ3v) is 3.61. The number of benzene rings is 1. The second kappa shape index (κ2) is 8.32. The van der Waals surface area contributed by atoms with E-state index in [0.29, 0.717) is 18.7 Å². The van der Waals surface area contributed by atoms with Crippen LogP contribution in [0.25, 0.3) is 0 Å². The van der Waals surface area contributed by atoms with Gasteiger partial charge in [0.1, 0.15) is 5.82 Å². The van der Waals surface area contributed by atoms with Crippen LogP contribution >= 0.6 is 12.4 Å². The Labute approximate surface area is 130 Å². The maximum absolute atomic E-state index is 13.7. The van der Waals surface area contributed by atoms with Crippen molar-refractivity contribution in [3.05, 3.63) is 35.6 Å². The molecule has 1 aliphatic carbocycles. The van der Waals surface area contributed by atoms with Crippen molar-refractivity contribution in [1.29, 1.82) is 0 Å². The molecule has 21 heavy (non-hydrogen) atoms. The van der Waals surface area contributed by atoms with Crippen molar-refractivity contribution < 1.29 is 13.9 Å². The van der Waals surface area contributed by atoms with Gasteiger partial charge in [0.15, 0.2) is 0 Å².